The van der Waals surface area contributed by atoms with Crippen molar-refractivity contribution in [2.24, 2.45) is 0 Å². The van der Waals surface area contributed by atoms with Gasteiger partial charge >= 0.3 is 5.97 Å². The van der Waals surface area contributed by atoms with Crippen molar-refractivity contribution in [2.45, 2.75) is 13.8 Å². The SMILES string of the molecule is CCOC(C)=O.N#Cc1ccccc1.O. The number of hydrogen-bond acceptors (Lipinski definition) is 3. The van der Waals surface area contributed by atoms with Gasteiger partial charge < -0.3 is 10.2 Å². The van der Waals surface area contributed by atoms with Crippen LogP contribution in [-0.2, 0) is 9.53 Å². The molecule has 0 radical (unpaired) electrons. The van der Waals surface area contributed by atoms with E-state index >= 15 is 0 Å². The lowest BCUT2D eigenvalue weighted by Gasteiger charge is -1.89. The maximum atomic E-state index is 9.82. The second-order valence-corrected chi connectivity index (χ2v) is 2.40. The molecule has 0 aliphatic heterocycles. The third-order valence-electron chi connectivity index (χ3n) is 1.25. The van der Waals surface area contributed by atoms with Crippen molar-refractivity contribution in [3.8, 4) is 6.07 Å². The lowest BCUT2D eigenvalue weighted by molar-refractivity contribution is -0.140. The van der Waals surface area contributed by atoms with Crippen molar-refractivity contribution in [2.75, 3.05) is 6.61 Å². The lowest BCUT2D eigenvalue weighted by Crippen LogP contribution is -1.95. The molecule has 0 saturated carbocycles. The van der Waals surface area contributed by atoms with E-state index in [4.69, 9.17) is 5.26 Å². The molecule has 2 N–H and O–H groups in total. The standard InChI is InChI=1S/C7H5N.C4H8O2.H2O/c8-6-7-4-2-1-3-5-7;1-3-6-4(2)5;/h1-5H;3H2,1-2H3;1H2. The number of nitriles is 1. The van der Waals surface area contributed by atoms with E-state index in [0.29, 0.717) is 12.2 Å². The van der Waals surface area contributed by atoms with Crippen LogP contribution in [0, 0.1) is 11.3 Å². The summed E-state index contributed by atoms with van der Waals surface area (Å²) in [5.41, 5.74) is 0.715. The van der Waals surface area contributed by atoms with E-state index < -0.39 is 0 Å². The van der Waals surface area contributed by atoms with E-state index in [9.17, 15) is 4.79 Å². The largest absolute Gasteiger partial charge is 0.466 e. The van der Waals surface area contributed by atoms with Gasteiger partial charge in [-0.3, -0.25) is 4.79 Å². The molecule has 1 aromatic rings. The average molecular weight is 209 g/mol. The summed E-state index contributed by atoms with van der Waals surface area (Å²) in [5.74, 6) is -0.211. The van der Waals surface area contributed by atoms with Crippen LogP contribution in [0.2, 0.25) is 0 Å². The number of carbonyl (C=O) groups excluding carboxylic acids is 1. The molecule has 0 atom stereocenters. The molecule has 1 rings (SSSR count). The highest BCUT2D eigenvalue weighted by Gasteiger charge is 1.81. The van der Waals surface area contributed by atoms with Gasteiger partial charge in [-0.15, -0.1) is 0 Å². The molecule has 0 bridgehead atoms. The average Bonchev–Trinajstić information content (AvgIpc) is 2.20. The number of benzene rings is 1. The Kier molecular flexibility index (Phi) is 10.6. The summed E-state index contributed by atoms with van der Waals surface area (Å²) in [6, 6.07) is 11.2. The highest BCUT2D eigenvalue weighted by atomic mass is 16.5. The molecular formula is C11H15NO3. The summed E-state index contributed by atoms with van der Waals surface area (Å²) in [5, 5.41) is 8.29. The van der Waals surface area contributed by atoms with Gasteiger partial charge in [-0.25, -0.2) is 0 Å². The molecule has 0 saturated heterocycles. The van der Waals surface area contributed by atoms with Crippen molar-refractivity contribution < 1.29 is 15.0 Å². The molecule has 0 fully saturated rings. The fourth-order valence-electron chi connectivity index (χ4n) is 0.716. The van der Waals surface area contributed by atoms with Crippen LogP contribution < -0.4 is 0 Å². The molecule has 0 heterocycles. The van der Waals surface area contributed by atoms with E-state index in [1.807, 2.05) is 24.3 Å². The molecule has 0 unspecified atom stereocenters. The summed E-state index contributed by atoms with van der Waals surface area (Å²) >= 11 is 0. The Bertz CT molecular complexity index is 303. The number of rotatable bonds is 1. The molecular weight excluding hydrogens is 194 g/mol. The zero-order valence-corrected chi connectivity index (χ0v) is 8.86. The molecule has 4 nitrogen and oxygen atoms in total. The van der Waals surface area contributed by atoms with Gasteiger partial charge in [-0.1, -0.05) is 18.2 Å². The van der Waals surface area contributed by atoms with E-state index in [1.165, 1.54) is 6.92 Å². The Morgan fingerprint density at radius 2 is 1.93 bits per heavy atom. The van der Waals surface area contributed by atoms with E-state index in [2.05, 4.69) is 4.74 Å². The molecule has 0 aliphatic rings. The minimum Gasteiger partial charge on any atom is -0.466 e. The fourth-order valence-corrected chi connectivity index (χ4v) is 0.716. The predicted octanol–water partition coefficient (Wildman–Crippen LogP) is 1.30. The molecule has 0 spiro atoms. The monoisotopic (exact) mass is 209 g/mol. The maximum Gasteiger partial charge on any atom is 0.302 e. The normalized spacial score (nSPS) is 7.27. The summed E-state index contributed by atoms with van der Waals surface area (Å²) < 4.78 is 4.40. The van der Waals surface area contributed by atoms with Gasteiger partial charge in [0.15, 0.2) is 0 Å². The van der Waals surface area contributed by atoms with E-state index in [1.54, 1.807) is 19.1 Å². The highest BCUT2D eigenvalue weighted by Crippen LogP contribution is 1.93. The van der Waals surface area contributed by atoms with Crippen molar-refractivity contribution in [1.82, 2.24) is 0 Å². The highest BCUT2D eigenvalue weighted by molar-refractivity contribution is 5.65. The topological polar surface area (TPSA) is 81.6 Å². The van der Waals surface area contributed by atoms with Gasteiger partial charge in [0, 0.05) is 6.92 Å². The minimum absolute atomic E-state index is 0. The smallest absolute Gasteiger partial charge is 0.302 e. The summed E-state index contributed by atoms with van der Waals surface area (Å²) in [6.45, 7) is 3.65. The van der Waals surface area contributed by atoms with Gasteiger partial charge in [0.25, 0.3) is 0 Å². The molecule has 15 heavy (non-hydrogen) atoms. The van der Waals surface area contributed by atoms with Crippen LogP contribution in [-0.4, -0.2) is 18.1 Å². The van der Waals surface area contributed by atoms with Crippen molar-refractivity contribution in [1.29, 1.82) is 5.26 Å². The molecule has 1 aromatic carbocycles. The zero-order valence-electron chi connectivity index (χ0n) is 8.86. The first-order valence-electron chi connectivity index (χ1n) is 4.29. The third-order valence-corrected chi connectivity index (χ3v) is 1.25. The summed E-state index contributed by atoms with van der Waals surface area (Å²) in [7, 11) is 0. The van der Waals surface area contributed by atoms with Gasteiger partial charge in [0.1, 0.15) is 0 Å². The Morgan fingerprint density at radius 1 is 1.40 bits per heavy atom. The Balaban J connectivity index is 0. The minimum atomic E-state index is -0.211. The Hall–Kier alpha value is -1.86. The number of hydrogen-bond donors (Lipinski definition) is 0. The first-order chi connectivity index (χ1) is 6.70. The Morgan fingerprint density at radius 3 is 2.13 bits per heavy atom. The fraction of sp³-hybridized carbons (Fsp3) is 0.273. The summed E-state index contributed by atoms with van der Waals surface area (Å²) in [6.07, 6.45) is 0. The van der Waals surface area contributed by atoms with Crippen LogP contribution >= 0.6 is 0 Å². The number of nitrogens with zero attached hydrogens (tertiary/aromatic N) is 1. The van der Waals surface area contributed by atoms with Crippen molar-refractivity contribution >= 4 is 5.97 Å². The van der Waals surface area contributed by atoms with Crippen LogP contribution in [0.1, 0.15) is 19.4 Å². The van der Waals surface area contributed by atoms with Crippen molar-refractivity contribution in [3.63, 3.8) is 0 Å². The van der Waals surface area contributed by atoms with Gasteiger partial charge in [0.2, 0.25) is 0 Å². The first kappa shape index (κ1) is 15.6. The van der Waals surface area contributed by atoms with E-state index in [-0.39, 0.29) is 11.4 Å². The van der Waals surface area contributed by atoms with Gasteiger partial charge in [-0.2, -0.15) is 5.26 Å². The second kappa shape index (κ2) is 10.2. The maximum absolute atomic E-state index is 9.82. The van der Waals surface area contributed by atoms with Crippen LogP contribution in [0.5, 0.6) is 0 Å². The molecule has 0 aromatic heterocycles. The molecule has 82 valence electrons. The van der Waals surface area contributed by atoms with Gasteiger partial charge in [-0.05, 0) is 19.1 Å². The van der Waals surface area contributed by atoms with Crippen LogP contribution in [0.25, 0.3) is 0 Å². The number of carbonyl (C=O) groups is 1. The number of ether oxygens (including phenoxy) is 1. The van der Waals surface area contributed by atoms with Crippen LogP contribution in [0.15, 0.2) is 30.3 Å². The van der Waals surface area contributed by atoms with E-state index in [0.717, 1.165) is 0 Å². The predicted molar refractivity (Wildman–Crippen MR) is 57.1 cm³/mol. The second-order valence-electron chi connectivity index (χ2n) is 2.40. The first-order valence-corrected chi connectivity index (χ1v) is 4.29. The Labute approximate surface area is 89.4 Å². The van der Waals surface area contributed by atoms with Crippen LogP contribution in [0.4, 0.5) is 0 Å². The number of esters is 1. The molecule has 0 amide bonds. The molecule has 4 heteroatoms. The van der Waals surface area contributed by atoms with Crippen LogP contribution in [0.3, 0.4) is 0 Å². The lowest BCUT2D eigenvalue weighted by atomic mass is 10.2. The summed E-state index contributed by atoms with van der Waals surface area (Å²) in [4.78, 5) is 9.82. The van der Waals surface area contributed by atoms with Crippen molar-refractivity contribution in [3.05, 3.63) is 35.9 Å². The quantitative estimate of drug-likeness (QED) is 0.654. The third kappa shape index (κ3) is 10.1. The molecule has 0 aliphatic carbocycles. The van der Waals surface area contributed by atoms with Gasteiger partial charge in [0.05, 0.1) is 18.2 Å². The zero-order chi connectivity index (χ0) is 10.8.